The van der Waals surface area contributed by atoms with Gasteiger partial charge < -0.3 is 14.2 Å². The average Bonchev–Trinajstić information content (AvgIpc) is 2.60. The molecule has 0 spiro atoms. The Bertz CT molecular complexity index is 844. The number of ether oxygens (including phenoxy) is 3. The van der Waals surface area contributed by atoms with Gasteiger partial charge in [0.2, 0.25) is 10.0 Å². The minimum absolute atomic E-state index is 0.106. The van der Waals surface area contributed by atoms with Crippen LogP contribution in [0.15, 0.2) is 41.3 Å². The average molecular weight is 379 g/mol. The lowest BCUT2D eigenvalue weighted by Gasteiger charge is -2.18. The molecule has 0 amide bonds. The molecule has 2 aromatic rings. The molecule has 0 bridgehead atoms. The van der Waals surface area contributed by atoms with Crippen molar-refractivity contribution in [1.29, 1.82) is 0 Å². The summed E-state index contributed by atoms with van der Waals surface area (Å²) in [4.78, 5) is 0.106. The summed E-state index contributed by atoms with van der Waals surface area (Å²) in [5.41, 5.74) is 2.03. The van der Waals surface area contributed by atoms with Crippen molar-refractivity contribution in [3.63, 3.8) is 0 Å². The number of aryl methyl sites for hydroxylation is 2. The molecule has 0 fully saturated rings. The van der Waals surface area contributed by atoms with Crippen molar-refractivity contribution in [2.24, 2.45) is 0 Å². The Morgan fingerprint density at radius 1 is 1.00 bits per heavy atom. The quantitative estimate of drug-likeness (QED) is 0.763. The third-order valence-corrected chi connectivity index (χ3v) is 5.50. The molecule has 6 nitrogen and oxygen atoms in total. The van der Waals surface area contributed by atoms with Gasteiger partial charge >= 0.3 is 0 Å². The minimum atomic E-state index is -3.71. The molecule has 2 rings (SSSR count). The number of hydrogen-bond donors (Lipinski definition) is 1. The molecular weight excluding hydrogens is 354 g/mol. The lowest BCUT2D eigenvalue weighted by atomic mass is 10.1. The second-order valence-electron chi connectivity index (χ2n) is 6.07. The van der Waals surface area contributed by atoms with Crippen LogP contribution in [0.5, 0.6) is 17.2 Å². The van der Waals surface area contributed by atoms with Crippen molar-refractivity contribution in [1.82, 2.24) is 4.72 Å². The lowest BCUT2D eigenvalue weighted by molar-refractivity contribution is 0.284. The van der Waals surface area contributed by atoms with Gasteiger partial charge in [0.25, 0.3) is 0 Å². The molecule has 0 saturated heterocycles. The van der Waals surface area contributed by atoms with E-state index in [2.05, 4.69) is 4.72 Å². The molecule has 0 aliphatic carbocycles. The first-order valence-corrected chi connectivity index (χ1v) is 9.70. The molecular formula is C19H25NO5S. The Kier molecular flexibility index (Phi) is 6.50. The fraction of sp³-hybridized carbons (Fsp3) is 0.368. The fourth-order valence-electron chi connectivity index (χ4n) is 2.59. The summed E-state index contributed by atoms with van der Waals surface area (Å²) in [6.45, 7) is 5.89. The highest BCUT2D eigenvalue weighted by Gasteiger charge is 2.20. The van der Waals surface area contributed by atoms with Gasteiger partial charge in [-0.25, -0.2) is 13.1 Å². The van der Waals surface area contributed by atoms with Crippen molar-refractivity contribution in [2.75, 3.05) is 20.8 Å². The molecule has 0 heterocycles. The van der Waals surface area contributed by atoms with E-state index >= 15 is 0 Å². The van der Waals surface area contributed by atoms with E-state index in [4.69, 9.17) is 14.2 Å². The van der Waals surface area contributed by atoms with Gasteiger partial charge in [-0.2, -0.15) is 0 Å². The molecule has 0 aliphatic rings. The molecule has 0 aromatic heterocycles. The molecule has 7 heteroatoms. The Balaban J connectivity index is 2.09. The van der Waals surface area contributed by atoms with Crippen LogP contribution in [0.4, 0.5) is 0 Å². The summed E-state index contributed by atoms with van der Waals surface area (Å²) < 4.78 is 43.9. The van der Waals surface area contributed by atoms with Crippen LogP contribution in [-0.2, 0) is 10.0 Å². The normalized spacial score (nSPS) is 12.5. The molecule has 1 unspecified atom stereocenters. The van der Waals surface area contributed by atoms with Gasteiger partial charge in [-0.1, -0.05) is 18.2 Å². The van der Waals surface area contributed by atoms with Crippen molar-refractivity contribution < 1.29 is 22.6 Å². The van der Waals surface area contributed by atoms with Crippen molar-refractivity contribution in [3.05, 3.63) is 47.5 Å². The van der Waals surface area contributed by atoms with Crippen LogP contribution >= 0.6 is 0 Å². The van der Waals surface area contributed by atoms with Crippen LogP contribution in [0, 0.1) is 13.8 Å². The number of rotatable bonds is 8. The zero-order chi connectivity index (χ0) is 19.3. The molecule has 1 atom stereocenters. The standard InChI is InChI=1S/C19H25NO5S/c1-13-7-6-8-14(2)19(13)25-12-15(3)20-26(21,22)16-9-10-17(23-4)18(11-16)24-5/h6-11,15,20H,12H2,1-5H3. The summed E-state index contributed by atoms with van der Waals surface area (Å²) in [7, 11) is -0.749. The van der Waals surface area contributed by atoms with E-state index in [1.165, 1.54) is 26.4 Å². The molecule has 1 N–H and O–H groups in total. The largest absolute Gasteiger partial charge is 0.493 e. The zero-order valence-corrected chi connectivity index (χ0v) is 16.5. The predicted octanol–water partition coefficient (Wildman–Crippen LogP) is 3.07. The Morgan fingerprint density at radius 3 is 2.19 bits per heavy atom. The summed E-state index contributed by atoms with van der Waals surface area (Å²) >= 11 is 0. The second-order valence-corrected chi connectivity index (χ2v) is 7.79. The summed E-state index contributed by atoms with van der Waals surface area (Å²) in [5.74, 6) is 1.61. The number of methoxy groups -OCH3 is 2. The van der Waals surface area contributed by atoms with Gasteiger partial charge in [-0.3, -0.25) is 0 Å². The fourth-order valence-corrected chi connectivity index (χ4v) is 3.83. The Hall–Kier alpha value is -2.25. The first-order chi connectivity index (χ1) is 12.3. The lowest BCUT2D eigenvalue weighted by Crippen LogP contribution is -2.36. The minimum Gasteiger partial charge on any atom is -0.493 e. The van der Waals surface area contributed by atoms with Crippen LogP contribution in [0.2, 0.25) is 0 Å². The van der Waals surface area contributed by atoms with Gasteiger partial charge in [0, 0.05) is 6.07 Å². The van der Waals surface area contributed by atoms with Gasteiger partial charge in [0.05, 0.1) is 25.2 Å². The second kappa shape index (κ2) is 8.42. The van der Waals surface area contributed by atoms with Crippen LogP contribution in [0.1, 0.15) is 18.1 Å². The maximum absolute atomic E-state index is 12.6. The predicted molar refractivity (Wildman–Crippen MR) is 101 cm³/mol. The van der Waals surface area contributed by atoms with Gasteiger partial charge in [0.1, 0.15) is 12.4 Å². The summed E-state index contributed by atoms with van der Waals surface area (Å²) in [5, 5.41) is 0. The number of hydrogen-bond acceptors (Lipinski definition) is 5. The van der Waals surface area contributed by atoms with Crippen LogP contribution in [0.3, 0.4) is 0 Å². The van der Waals surface area contributed by atoms with E-state index in [9.17, 15) is 8.42 Å². The first kappa shape index (κ1) is 20.1. The number of benzene rings is 2. The monoisotopic (exact) mass is 379 g/mol. The first-order valence-electron chi connectivity index (χ1n) is 8.22. The highest BCUT2D eigenvalue weighted by molar-refractivity contribution is 7.89. The number of para-hydroxylation sites is 1. The van der Waals surface area contributed by atoms with Gasteiger partial charge in [-0.15, -0.1) is 0 Å². The van der Waals surface area contributed by atoms with Gasteiger partial charge in [0.15, 0.2) is 11.5 Å². The van der Waals surface area contributed by atoms with Crippen LogP contribution in [-0.4, -0.2) is 35.3 Å². The van der Waals surface area contributed by atoms with Crippen LogP contribution < -0.4 is 18.9 Å². The van der Waals surface area contributed by atoms with Crippen molar-refractivity contribution in [3.8, 4) is 17.2 Å². The van der Waals surface area contributed by atoms with Crippen molar-refractivity contribution >= 4 is 10.0 Å². The maximum Gasteiger partial charge on any atom is 0.241 e. The van der Waals surface area contributed by atoms with Crippen molar-refractivity contribution in [2.45, 2.75) is 31.7 Å². The Morgan fingerprint density at radius 2 is 1.62 bits per heavy atom. The molecule has 2 aromatic carbocycles. The van der Waals surface area contributed by atoms with Gasteiger partial charge in [-0.05, 0) is 44.0 Å². The number of sulfonamides is 1. The van der Waals surface area contributed by atoms with E-state index < -0.39 is 16.1 Å². The highest BCUT2D eigenvalue weighted by Crippen LogP contribution is 2.29. The Labute approximate surface area is 155 Å². The smallest absolute Gasteiger partial charge is 0.241 e. The topological polar surface area (TPSA) is 73.9 Å². The number of nitrogens with one attached hydrogen (secondary N) is 1. The highest BCUT2D eigenvalue weighted by atomic mass is 32.2. The molecule has 142 valence electrons. The van der Waals surface area contributed by atoms with Crippen LogP contribution in [0.25, 0.3) is 0 Å². The summed E-state index contributed by atoms with van der Waals surface area (Å²) in [6, 6.07) is 9.93. The van der Waals surface area contributed by atoms with E-state index in [-0.39, 0.29) is 11.5 Å². The third-order valence-electron chi connectivity index (χ3n) is 3.91. The molecule has 0 saturated carbocycles. The molecule has 0 aliphatic heterocycles. The molecule has 0 radical (unpaired) electrons. The molecule has 26 heavy (non-hydrogen) atoms. The van der Waals surface area contributed by atoms with E-state index in [1.807, 2.05) is 32.0 Å². The maximum atomic E-state index is 12.6. The third kappa shape index (κ3) is 4.68. The summed E-state index contributed by atoms with van der Waals surface area (Å²) in [6.07, 6.45) is 0. The van der Waals surface area contributed by atoms with E-state index in [0.29, 0.717) is 11.5 Å². The SMILES string of the molecule is COc1ccc(S(=O)(=O)NC(C)COc2c(C)cccc2C)cc1OC. The van der Waals surface area contributed by atoms with E-state index in [0.717, 1.165) is 16.9 Å². The zero-order valence-electron chi connectivity index (χ0n) is 15.7. The van der Waals surface area contributed by atoms with E-state index in [1.54, 1.807) is 13.0 Å².